The van der Waals surface area contributed by atoms with Crippen molar-refractivity contribution in [2.45, 2.75) is 44.7 Å². The molecule has 3 amide bonds. The van der Waals surface area contributed by atoms with Gasteiger partial charge in [0, 0.05) is 26.4 Å². The second-order valence-electron chi connectivity index (χ2n) is 10.4. The first-order valence-corrected chi connectivity index (χ1v) is 14.2. The summed E-state index contributed by atoms with van der Waals surface area (Å²) >= 11 is 0. The number of nitrogens with two attached hydrogens (primary N) is 1. The second-order valence-corrected chi connectivity index (χ2v) is 10.4. The van der Waals surface area contributed by atoms with Gasteiger partial charge in [-0.15, -0.1) is 0 Å². The number of amides is 3. The zero-order valence-corrected chi connectivity index (χ0v) is 23.8. The molecule has 0 saturated heterocycles. The number of carbonyl (C=O) groups excluding carboxylic acids is 3. The largest absolute Gasteiger partial charge is 0.370 e. The Hall–Kier alpha value is -4.92. The van der Waals surface area contributed by atoms with Crippen LogP contribution in [-0.4, -0.2) is 48.9 Å². The number of carbonyl (C=O) groups is 3. The molecule has 9 nitrogen and oxygen atoms in total. The molecule has 0 heterocycles. The molecular weight excluding hydrogens is 528 g/mol. The van der Waals surface area contributed by atoms with Gasteiger partial charge in [-0.3, -0.25) is 19.8 Å². The van der Waals surface area contributed by atoms with Gasteiger partial charge >= 0.3 is 0 Å². The van der Waals surface area contributed by atoms with E-state index in [-0.39, 0.29) is 24.2 Å². The lowest BCUT2D eigenvalue weighted by atomic mass is 10.0. The highest BCUT2D eigenvalue weighted by atomic mass is 16.2. The van der Waals surface area contributed by atoms with Crippen molar-refractivity contribution in [1.82, 2.24) is 21.3 Å². The Morgan fingerprint density at radius 1 is 0.714 bits per heavy atom. The standard InChI is InChI=1S/C33H38N6O3/c1-22(40)38-30(21-24-13-15-26-8-3-5-10-28(26)20-24)32(42)39-29(11-6-17-37-33(34)35)31(41)36-18-16-23-12-14-25-7-2-4-9-27(25)19-23/h2-5,7-10,12-15,19-20,29-30H,6,11,16-18,21H2,1H3,(H,36,41)(H,38,40)(H,39,42)(H4,34,35,37)/t29-,30+/m0/s1. The maximum Gasteiger partial charge on any atom is 0.243 e. The van der Waals surface area contributed by atoms with E-state index in [0.29, 0.717) is 32.4 Å². The van der Waals surface area contributed by atoms with Crippen molar-refractivity contribution in [2.24, 2.45) is 5.73 Å². The summed E-state index contributed by atoms with van der Waals surface area (Å²) in [5.74, 6) is -1.23. The third kappa shape index (κ3) is 8.79. The van der Waals surface area contributed by atoms with Crippen molar-refractivity contribution in [3.8, 4) is 0 Å². The summed E-state index contributed by atoms with van der Waals surface area (Å²) < 4.78 is 0. The fourth-order valence-electron chi connectivity index (χ4n) is 4.97. The summed E-state index contributed by atoms with van der Waals surface area (Å²) in [5, 5.41) is 23.1. The Kier molecular flexibility index (Phi) is 10.5. The molecule has 0 fully saturated rings. The van der Waals surface area contributed by atoms with Crippen LogP contribution in [0.3, 0.4) is 0 Å². The third-order valence-electron chi connectivity index (χ3n) is 7.09. The molecule has 4 aromatic carbocycles. The number of hydrogen-bond acceptors (Lipinski definition) is 4. The molecule has 0 aliphatic carbocycles. The van der Waals surface area contributed by atoms with Crippen LogP contribution < -0.4 is 27.0 Å². The quantitative estimate of drug-likeness (QED) is 0.0835. The van der Waals surface area contributed by atoms with Crippen molar-refractivity contribution >= 4 is 45.2 Å². The number of rotatable bonds is 13. The molecule has 42 heavy (non-hydrogen) atoms. The maximum absolute atomic E-state index is 13.4. The van der Waals surface area contributed by atoms with Crippen molar-refractivity contribution in [3.05, 3.63) is 96.1 Å². The smallest absolute Gasteiger partial charge is 0.243 e. The van der Waals surface area contributed by atoms with E-state index in [1.807, 2.05) is 60.7 Å². The Labute approximate surface area is 245 Å². The van der Waals surface area contributed by atoms with Gasteiger partial charge in [0.15, 0.2) is 5.96 Å². The Balaban J connectivity index is 1.41. The molecule has 0 saturated carbocycles. The zero-order chi connectivity index (χ0) is 29.9. The highest BCUT2D eigenvalue weighted by molar-refractivity contribution is 5.92. The monoisotopic (exact) mass is 566 g/mol. The first kappa shape index (κ1) is 30.0. The summed E-state index contributed by atoms with van der Waals surface area (Å²) in [6.45, 7) is 2.16. The SMILES string of the molecule is CC(=O)N[C@H](Cc1ccc2ccccc2c1)C(=O)N[C@@H](CCCNC(=N)N)C(=O)NCCc1ccc2ccccc2c1. The summed E-state index contributed by atoms with van der Waals surface area (Å²) in [5.41, 5.74) is 7.37. The Morgan fingerprint density at radius 3 is 1.93 bits per heavy atom. The first-order chi connectivity index (χ1) is 20.3. The van der Waals surface area contributed by atoms with Gasteiger partial charge in [0.2, 0.25) is 17.7 Å². The van der Waals surface area contributed by atoms with Crippen LogP contribution in [0.5, 0.6) is 0 Å². The molecule has 0 aliphatic rings. The molecule has 0 aromatic heterocycles. The number of hydrogen-bond donors (Lipinski definition) is 6. The minimum Gasteiger partial charge on any atom is -0.370 e. The predicted octanol–water partition coefficient (Wildman–Crippen LogP) is 3.15. The van der Waals surface area contributed by atoms with Gasteiger partial charge in [-0.1, -0.05) is 84.9 Å². The predicted molar refractivity (Wildman–Crippen MR) is 167 cm³/mol. The van der Waals surface area contributed by atoms with Crippen LogP contribution in [0.1, 0.15) is 30.9 Å². The van der Waals surface area contributed by atoms with Crippen LogP contribution in [0.2, 0.25) is 0 Å². The first-order valence-electron chi connectivity index (χ1n) is 14.2. The van der Waals surface area contributed by atoms with Crippen molar-refractivity contribution in [2.75, 3.05) is 13.1 Å². The lowest BCUT2D eigenvalue weighted by molar-refractivity contribution is -0.131. The fourth-order valence-corrected chi connectivity index (χ4v) is 4.97. The molecule has 2 atom stereocenters. The molecule has 0 spiro atoms. The number of benzene rings is 4. The summed E-state index contributed by atoms with van der Waals surface area (Å²) in [4.78, 5) is 38.7. The fraction of sp³-hybridized carbons (Fsp3) is 0.273. The minimum atomic E-state index is -0.855. The third-order valence-corrected chi connectivity index (χ3v) is 7.09. The van der Waals surface area contributed by atoms with Crippen LogP contribution in [-0.2, 0) is 27.2 Å². The van der Waals surface area contributed by atoms with Gasteiger partial charge < -0.3 is 27.0 Å². The van der Waals surface area contributed by atoms with Crippen LogP contribution in [0, 0.1) is 5.41 Å². The van der Waals surface area contributed by atoms with Crippen LogP contribution in [0.25, 0.3) is 21.5 Å². The lowest BCUT2D eigenvalue weighted by Gasteiger charge is -2.23. The van der Waals surface area contributed by atoms with E-state index in [1.54, 1.807) is 0 Å². The molecule has 218 valence electrons. The van der Waals surface area contributed by atoms with Gasteiger partial charge in [-0.25, -0.2) is 0 Å². The van der Waals surface area contributed by atoms with E-state index in [2.05, 4.69) is 45.5 Å². The topological polar surface area (TPSA) is 149 Å². The Bertz CT molecular complexity index is 1570. The molecule has 0 bridgehead atoms. The van der Waals surface area contributed by atoms with E-state index < -0.39 is 18.0 Å². The number of guanidine groups is 1. The van der Waals surface area contributed by atoms with E-state index in [0.717, 1.165) is 32.7 Å². The highest BCUT2D eigenvalue weighted by Crippen LogP contribution is 2.18. The van der Waals surface area contributed by atoms with Crippen LogP contribution in [0.15, 0.2) is 84.9 Å². The van der Waals surface area contributed by atoms with E-state index in [9.17, 15) is 14.4 Å². The van der Waals surface area contributed by atoms with Crippen LogP contribution >= 0.6 is 0 Å². The van der Waals surface area contributed by atoms with Gasteiger partial charge in [0.05, 0.1) is 0 Å². The summed E-state index contributed by atoms with van der Waals surface area (Å²) in [7, 11) is 0. The molecule has 0 radical (unpaired) electrons. The summed E-state index contributed by atoms with van der Waals surface area (Å²) in [6, 6.07) is 26.5. The molecule has 7 N–H and O–H groups in total. The van der Waals surface area contributed by atoms with Crippen molar-refractivity contribution < 1.29 is 14.4 Å². The van der Waals surface area contributed by atoms with Gasteiger partial charge in [0.1, 0.15) is 12.1 Å². The van der Waals surface area contributed by atoms with Crippen LogP contribution in [0.4, 0.5) is 0 Å². The van der Waals surface area contributed by atoms with E-state index >= 15 is 0 Å². The van der Waals surface area contributed by atoms with Gasteiger partial charge in [-0.2, -0.15) is 0 Å². The molecule has 0 unspecified atom stereocenters. The average Bonchev–Trinajstić information content (AvgIpc) is 2.97. The van der Waals surface area contributed by atoms with Gasteiger partial charge in [0.25, 0.3) is 0 Å². The van der Waals surface area contributed by atoms with E-state index in [4.69, 9.17) is 11.1 Å². The van der Waals surface area contributed by atoms with Gasteiger partial charge in [-0.05, 0) is 51.9 Å². The second kappa shape index (κ2) is 14.6. The summed E-state index contributed by atoms with van der Waals surface area (Å²) in [6.07, 6.45) is 1.74. The van der Waals surface area contributed by atoms with Crippen molar-refractivity contribution in [3.63, 3.8) is 0 Å². The number of fused-ring (bicyclic) bond motifs is 2. The molecule has 4 rings (SSSR count). The number of nitrogens with one attached hydrogen (secondary N) is 5. The maximum atomic E-state index is 13.4. The lowest BCUT2D eigenvalue weighted by Crippen LogP contribution is -2.54. The minimum absolute atomic E-state index is 0.156. The molecular formula is C33H38N6O3. The normalized spacial score (nSPS) is 12.3. The highest BCUT2D eigenvalue weighted by Gasteiger charge is 2.26. The van der Waals surface area contributed by atoms with Crippen molar-refractivity contribution in [1.29, 1.82) is 5.41 Å². The van der Waals surface area contributed by atoms with E-state index in [1.165, 1.54) is 6.92 Å². The Morgan fingerprint density at radius 2 is 1.31 bits per heavy atom. The zero-order valence-electron chi connectivity index (χ0n) is 23.8. The molecule has 9 heteroatoms. The molecule has 0 aliphatic heterocycles. The molecule has 4 aromatic rings. The average molecular weight is 567 g/mol.